The molecule has 1 N–H and O–H groups in total. The molecule has 1 aromatic rings. The Hall–Kier alpha value is -0.860. The number of benzene rings is 1. The summed E-state index contributed by atoms with van der Waals surface area (Å²) < 4.78 is 0. The molecule has 1 saturated carbocycles. The van der Waals surface area contributed by atoms with Gasteiger partial charge in [-0.2, -0.15) is 0 Å². The van der Waals surface area contributed by atoms with Crippen LogP contribution in [-0.2, 0) is 0 Å². The minimum absolute atomic E-state index is 0.667. The molecule has 98 valence electrons. The molecule has 1 atom stereocenters. The van der Waals surface area contributed by atoms with Crippen molar-refractivity contribution >= 4 is 0 Å². The monoisotopic (exact) mass is 244 g/mol. The van der Waals surface area contributed by atoms with Crippen LogP contribution in [0.4, 0.5) is 0 Å². The van der Waals surface area contributed by atoms with Crippen LogP contribution in [0, 0.1) is 12.8 Å². The van der Waals surface area contributed by atoms with Crippen LogP contribution in [0.25, 0.3) is 0 Å². The minimum Gasteiger partial charge on any atom is -0.314 e. The molecule has 1 aliphatic carbocycles. The lowest BCUT2D eigenvalue weighted by atomic mass is 9.76. The fraction of sp³-hybridized carbons (Fsp3) is 0.625. The van der Waals surface area contributed by atoms with Gasteiger partial charge in [-0.05, 0) is 31.2 Å². The number of aryl methyl sites for hydroxylation is 1. The topological polar surface area (TPSA) is 15.3 Å². The summed E-state index contributed by atoms with van der Waals surface area (Å²) in [7, 11) is 0. The molecule has 1 aromatic carbocycles. The Bertz CT molecular complexity index is 392. The first kappa shape index (κ1) is 12.2. The van der Waals surface area contributed by atoms with Gasteiger partial charge in [0.15, 0.2) is 0 Å². The largest absolute Gasteiger partial charge is 0.314 e. The van der Waals surface area contributed by atoms with E-state index in [4.69, 9.17) is 0 Å². The number of nitrogens with one attached hydrogen (secondary N) is 1. The average molecular weight is 244 g/mol. The molecule has 1 heterocycles. The normalized spacial score (nSPS) is 23.6. The maximum absolute atomic E-state index is 3.47. The highest BCUT2D eigenvalue weighted by Crippen LogP contribution is 2.41. The molecule has 18 heavy (non-hydrogen) atoms. The Morgan fingerprint density at radius 2 is 2.00 bits per heavy atom. The lowest BCUT2D eigenvalue weighted by Gasteiger charge is -2.43. The van der Waals surface area contributed by atoms with E-state index in [9.17, 15) is 0 Å². The van der Waals surface area contributed by atoms with E-state index < -0.39 is 0 Å². The molecule has 0 aromatic heterocycles. The predicted octanol–water partition coefficient (Wildman–Crippen LogP) is 2.74. The van der Waals surface area contributed by atoms with Crippen LogP contribution >= 0.6 is 0 Å². The third-order valence-corrected chi connectivity index (χ3v) is 4.52. The van der Waals surface area contributed by atoms with Crippen LogP contribution in [0.2, 0.25) is 0 Å². The maximum Gasteiger partial charge on any atom is 0.0377 e. The van der Waals surface area contributed by atoms with Gasteiger partial charge in [0.05, 0.1) is 0 Å². The summed E-state index contributed by atoms with van der Waals surface area (Å²) in [6.07, 6.45) is 4.27. The lowest BCUT2D eigenvalue weighted by molar-refractivity contribution is 0.0837. The van der Waals surface area contributed by atoms with Crippen molar-refractivity contribution in [3.63, 3.8) is 0 Å². The maximum atomic E-state index is 3.47. The van der Waals surface area contributed by atoms with Gasteiger partial charge in [0.25, 0.3) is 0 Å². The fourth-order valence-corrected chi connectivity index (χ4v) is 3.35. The van der Waals surface area contributed by atoms with Crippen LogP contribution in [0.15, 0.2) is 24.3 Å². The van der Waals surface area contributed by atoms with Gasteiger partial charge in [-0.25, -0.2) is 0 Å². The van der Waals surface area contributed by atoms with Crippen LogP contribution in [-0.4, -0.2) is 31.1 Å². The van der Waals surface area contributed by atoms with E-state index in [1.54, 1.807) is 5.56 Å². The summed E-state index contributed by atoms with van der Waals surface area (Å²) in [6.45, 7) is 6.91. The Morgan fingerprint density at radius 1 is 1.22 bits per heavy atom. The van der Waals surface area contributed by atoms with E-state index in [2.05, 4.69) is 41.4 Å². The second-order valence-electron chi connectivity index (χ2n) is 5.84. The molecule has 2 aliphatic rings. The van der Waals surface area contributed by atoms with Gasteiger partial charge in [-0.1, -0.05) is 36.2 Å². The first-order valence-electron chi connectivity index (χ1n) is 7.36. The van der Waals surface area contributed by atoms with E-state index in [-0.39, 0.29) is 0 Å². The van der Waals surface area contributed by atoms with Crippen LogP contribution in [0.1, 0.15) is 36.4 Å². The Morgan fingerprint density at radius 3 is 2.61 bits per heavy atom. The van der Waals surface area contributed by atoms with Crippen molar-refractivity contribution in [2.45, 2.75) is 32.2 Å². The summed E-state index contributed by atoms with van der Waals surface area (Å²) in [6, 6.07) is 9.82. The Balaban J connectivity index is 1.84. The van der Waals surface area contributed by atoms with Gasteiger partial charge in [-0.3, -0.25) is 4.90 Å². The second kappa shape index (κ2) is 5.41. The molecule has 1 saturated heterocycles. The van der Waals surface area contributed by atoms with E-state index in [1.807, 2.05) is 0 Å². The minimum atomic E-state index is 0.667. The van der Waals surface area contributed by atoms with Crippen molar-refractivity contribution in [2.24, 2.45) is 5.92 Å². The standard InChI is InChI=1S/C16H24N2/c1-13-4-2-7-15(12-13)16(14-5-3-6-14)18-10-8-17-9-11-18/h2,4,7,12,14,16-17H,3,5-6,8-11H2,1H3/t16-/m1/s1. The van der Waals surface area contributed by atoms with E-state index in [1.165, 1.54) is 37.9 Å². The third kappa shape index (κ3) is 2.45. The molecule has 1 aliphatic heterocycles. The number of nitrogens with zero attached hydrogens (tertiary/aromatic N) is 1. The summed E-state index contributed by atoms with van der Waals surface area (Å²) in [5.41, 5.74) is 2.94. The second-order valence-corrected chi connectivity index (χ2v) is 5.84. The van der Waals surface area contributed by atoms with Gasteiger partial charge in [0, 0.05) is 32.2 Å². The van der Waals surface area contributed by atoms with Crippen LogP contribution in [0.3, 0.4) is 0 Å². The summed E-state index contributed by atoms with van der Waals surface area (Å²) >= 11 is 0. The molecule has 0 unspecified atom stereocenters. The van der Waals surface area contributed by atoms with Gasteiger partial charge in [0.1, 0.15) is 0 Å². The van der Waals surface area contributed by atoms with Crippen molar-refractivity contribution in [3.05, 3.63) is 35.4 Å². The molecule has 2 fully saturated rings. The van der Waals surface area contributed by atoms with E-state index in [0.717, 1.165) is 19.0 Å². The zero-order valence-electron chi connectivity index (χ0n) is 11.4. The zero-order valence-corrected chi connectivity index (χ0v) is 11.4. The molecule has 0 amide bonds. The number of rotatable bonds is 3. The molecular formula is C16H24N2. The highest BCUT2D eigenvalue weighted by atomic mass is 15.2. The van der Waals surface area contributed by atoms with E-state index >= 15 is 0 Å². The highest BCUT2D eigenvalue weighted by Gasteiger charge is 2.33. The van der Waals surface area contributed by atoms with Crippen molar-refractivity contribution in [1.82, 2.24) is 10.2 Å². The third-order valence-electron chi connectivity index (χ3n) is 4.52. The van der Waals surface area contributed by atoms with Gasteiger partial charge in [0.2, 0.25) is 0 Å². The molecule has 2 nitrogen and oxygen atoms in total. The molecule has 0 bridgehead atoms. The smallest absolute Gasteiger partial charge is 0.0377 e. The summed E-state index contributed by atoms with van der Waals surface area (Å²) in [5.74, 6) is 0.893. The molecule has 0 radical (unpaired) electrons. The van der Waals surface area contributed by atoms with Crippen molar-refractivity contribution in [1.29, 1.82) is 0 Å². The van der Waals surface area contributed by atoms with Crippen molar-refractivity contribution < 1.29 is 0 Å². The van der Waals surface area contributed by atoms with Crippen LogP contribution < -0.4 is 5.32 Å². The molecule has 2 heteroatoms. The molecular weight excluding hydrogens is 220 g/mol. The highest BCUT2D eigenvalue weighted by molar-refractivity contribution is 5.26. The Labute approximate surface area is 110 Å². The SMILES string of the molecule is Cc1cccc([C@@H](C2CCC2)N2CCNCC2)c1. The number of piperazine rings is 1. The molecule has 3 rings (SSSR count). The predicted molar refractivity (Wildman–Crippen MR) is 75.7 cm³/mol. The lowest BCUT2D eigenvalue weighted by Crippen LogP contribution is -2.47. The van der Waals surface area contributed by atoms with Gasteiger partial charge < -0.3 is 5.32 Å². The zero-order chi connectivity index (χ0) is 12.4. The van der Waals surface area contributed by atoms with Gasteiger partial charge >= 0.3 is 0 Å². The Kier molecular flexibility index (Phi) is 3.67. The van der Waals surface area contributed by atoms with Crippen molar-refractivity contribution in [2.75, 3.05) is 26.2 Å². The average Bonchev–Trinajstić information content (AvgIpc) is 2.34. The van der Waals surface area contributed by atoms with Gasteiger partial charge in [-0.15, -0.1) is 0 Å². The first-order valence-corrected chi connectivity index (χ1v) is 7.36. The molecule has 0 spiro atoms. The quantitative estimate of drug-likeness (QED) is 0.879. The van der Waals surface area contributed by atoms with E-state index in [0.29, 0.717) is 6.04 Å². The van der Waals surface area contributed by atoms with Crippen LogP contribution in [0.5, 0.6) is 0 Å². The first-order chi connectivity index (χ1) is 8.84. The number of hydrogen-bond acceptors (Lipinski definition) is 2. The summed E-state index contributed by atoms with van der Waals surface area (Å²) in [4.78, 5) is 2.70. The number of hydrogen-bond donors (Lipinski definition) is 1. The fourth-order valence-electron chi connectivity index (χ4n) is 3.35. The van der Waals surface area contributed by atoms with Crippen molar-refractivity contribution in [3.8, 4) is 0 Å². The summed E-state index contributed by atoms with van der Waals surface area (Å²) in [5, 5.41) is 3.47.